The lowest BCUT2D eigenvalue weighted by molar-refractivity contribution is -0.352. The minimum absolute atomic E-state index is 0.00859. The maximum Gasteiger partial charge on any atom is 0.423 e. The van der Waals surface area contributed by atoms with Gasteiger partial charge < -0.3 is 9.84 Å². The molecule has 4 atom stereocenters. The fourth-order valence-corrected chi connectivity index (χ4v) is 3.64. The molecule has 0 amide bonds. The Morgan fingerprint density at radius 2 is 1.95 bits per heavy atom. The number of alkyl halides is 5. The Morgan fingerprint density at radius 3 is 2.41 bits per heavy atom. The molecule has 8 heteroatoms. The van der Waals surface area contributed by atoms with Gasteiger partial charge in [0.1, 0.15) is 0 Å². The Morgan fingerprint density at radius 1 is 1.36 bits per heavy atom. The second kappa shape index (κ2) is 5.18. The van der Waals surface area contributed by atoms with Crippen LogP contribution in [0.4, 0.5) is 22.0 Å². The molecule has 2 rings (SSSR count). The highest BCUT2D eigenvalue weighted by Crippen LogP contribution is 2.66. The van der Waals surface area contributed by atoms with Gasteiger partial charge in [-0.25, -0.2) is 13.6 Å². The lowest BCUT2D eigenvalue weighted by Crippen LogP contribution is -2.63. The van der Waals surface area contributed by atoms with Crippen LogP contribution in [0.2, 0.25) is 0 Å². The molecule has 22 heavy (non-hydrogen) atoms. The molecule has 0 saturated heterocycles. The Labute approximate surface area is 124 Å². The van der Waals surface area contributed by atoms with Crippen molar-refractivity contribution in [3.63, 3.8) is 0 Å². The van der Waals surface area contributed by atoms with E-state index in [1.54, 1.807) is 0 Å². The predicted molar refractivity (Wildman–Crippen MR) is 66.0 cm³/mol. The van der Waals surface area contributed by atoms with Gasteiger partial charge >= 0.3 is 12.1 Å². The SMILES string of the molecule is C=C(C)C(=O)OCCC1CC2CC1C(O)(C(F)(F)F)C2(F)F. The van der Waals surface area contributed by atoms with Crippen molar-refractivity contribution in [1.82, 2.24) is 0 Å². The first-order valence-electron chi connectivity index (χ1n) is 6.92. The Hall–Kier alpha value is -1.18. The van der Waals surface area contributed by atoms with E-state index < -0.39 is 41.4 Å². The molecule has 0 aromatic rings. The van der Waals surface area contributed by atoms with E-state index in [4.69, 9.17) is 4.74 Å². The average molecular weight is 328 g/mol. The number of halogens is 5. The monoisotopic (exact) mass is 328 g/mol. The first-order chi connectivity index (χ1) is 9.93. The van der Waals surface area contributed by atoms with Gasteiger partial charge in [0.25, 0.3) is 5.92 Å². The van der Waals surface area contributed by atoms with Crippen molar-refractivity contribution in [1.29, 1.82) is 0 Å². The molecule has 4 unspecified atom stereocenters. The zero-order valence-electron chi connectivity index (χ0n) is 11.9. The fourth-order valence-electron chi connectivity index (χ4n) is 3.64. The summed E-state index contributed by atoms with van der Waals surface area (Å²) in [6.07, 6.45) is -5.87. The summed E-state index contributed by atoms with van der Waals surface area (Å²) in [5.41, 5.74) is -3.85. The largest absolute Gasteiger partial charge is 0.462 e. The van der Waals surface area contributed by atoms with Crippen LogP contribution in [0, 0.1) is 17.8 Å². The number of hydrogen-bond acceptors (Lipinski definition) is 3. The summed E-state index contributed by atoms with van der Waals surface area (Å²) in [5.74, 6) is -8.68. The molecule has 2 aliphatic rings. The number of aliphatic hydroxyl groups is 1. The number of fused-ring (bicyclic) bond motifs is 2. The molecule has 1 N–H and O–H groups in total. The normalized spacial score (nSPS) is 36.4. The number of hydrogen-bond donors (Lipinski definition) is 1. The topological polar surface area (TPSA) is 46.5 Å². The van der Waals surface area contributed by atoms with E-state index in [1.165, 1.54) is 6.92 Å². The van der Waals surface area contributed by atoms with Crippen molar-refractivity contribution in [3.8, 4) is 0 Å². The van der Waals surface area contributed by atoms with Gasteiger partial charge in [-0.2, -0.15) is 13.2 Å². The zero-order valence-corrected chi connectivity index (χ0v) is 11.9. The minimum atomic E-state index is -5.40. The van der Waals surface area contributed by atoms with Crippen LogP contribution in [-0.4, -0.2) is 35.4 Å². The van der Waals surface area contributed by atoms with Crippen LogP contribution in [0.3, 0.4) is 0 Å². The van der Waals surface area contributed by atoms with Crippen LogP contribution in [0.25, 0.3) is 0 Å². The van der Waals surface area contributed by atoms with E-state index in [9.17, 15) is 31.9 Å². The van der Waals surface area contributed by atoms with Crippen molar-refractivity contribution in [2.45, 2.75) is 43.9 Å². The van der Waals surface area contributed by atoms with Gasteiger partial charge in [0.15, 0.2) is 0 Å². The third-order valence-electron chi connectivity index (χ3n) is 4.75. The molecule has 3 nitrogen and oxygen atoms in total. The van der Waals surface area contributed by atoms with Crippen LogP contribution >= 0.6 is 0 Å². The lowest BCUT2D eigenvalue weighted by atomic mass is 9.73. The van der Waals surface area contributed by atoms with Gasteiger partial charge in [0, 0.05) is 17.4 Å². The molecule has 0 radical (unpaired) electrons. The van der Waals surface area contributed by atoms with Crippen LogP contribution in [0.15, 0.2) is 12.2 Å². The highest BCUT2D eigenvalue weighted by molar-refractivity contribution is 5.86. The first-order valence-corrected chi connectivity index (χ1v) is 6.92. The van der Waals surface area contributed by atoms with Gasteiger partial charge in [-0.1, -0.05) is 6.58 Å². The third-order valence-corrected chi connectivity index (χ3v) is 4.75. The molecule has 2 aliphatic carbocycles. The molecule has 126 valence electrons. The van der Waals surface area contributed by atoms with Gasteiger partial charge in [-0.3, -0.25) is 0 Å². The van der Waals surface area contributed by atoms with Gasteiger partial charge in [0.2, 0.25) is 5.60 Å². The molecule has 2 bridgehead atoms. The third kappa shape index (κ3) is 2.31. The fraction of sp³-hybridized carbons (Fsp3) is 0.786. The molecular weight excluding hydrogens is 311 g/mol. The van der Waals surface area contributed by atoms with E-state index in [1.807, 2.05) is 0 Å². The van der Waals surface area contributed by atoms with Crippen LogP contribution in [0.5, 0.6) is 0 Å². The van der Waals surface area contributed by atoms with Gasteiger partial charge in [0.05, 0.1) is 6.61 Å². The maximum atomic E-state index is 13.8. The maximum absolute atomic E-state index is 13.8. The Bertz CT molecular complexity index is 487. The lowest BCUT2D eigenvalue weighted by Gasteiger charge is -2.43. The smallest absolute Gasteiger partial charge is 0.423 e. The quantitative estimate of drug-likeness (QED) is 0.490. The van der Waals surface area contributed by atoms with Crippen LogP contribution < -0.4 is 0 Å². The van der Waals surface area contributed by atoms with E-state index in [-0.39, 0.29) is 31.4 Å². The average Bonchev–Trinajstić information content (AvgIpc) is 2.87. The first kappa shape index (κ1) is 17.2. The molecule has 0 aliphatic heterocycles. The van der Waals surface area contributed by atoms with Crippen molar-refractivity contribution in [2.24, 2.45) is 17.8 Å². The standard InChI is InChI=1S/C14H17F5O3/c1-7(2)11(20)22-4-3-8-5-9-6-10(8)12(21,13(9,15)16)14(17,18)19/h8-10,21H,1,3-6H2,2H3. The molecule has 0 spiro atoms. The number of carbonyl (C=O) groups is 1. The number of rotatable bonds is 4. The summed E-state index contributed by atoms with van der Waals surface area (Å²) in [6.45, 7) is 4.59. The molecule has 2 fully saturated rings. The summed E-state index contributed by atoms with van der Waals surface area (Å²) < 4.78 is 71.5. The predicted octanol–water partition coefficient (Wildman–Crippen LogP) is 3.08. The molecule has 0 aromatic carbocycles. The van der Waals surface area contributed by atoms with Crippen molar-refractivity contribution >= 4 is 5.97 Å². The van der Waals surface area contributed by atoms with E-state index in [2.05, 4.69) is 6.58 Å². The minimum Gasteiger partial charge on any atom is -0.462 e. The summed E-state index contributed by atoms with van der Waals surface area (Å²) in [4.78, 5) is 11.2. The van der Waals surface area contributed by atoms with Crippen molar-refractivity contribution < 1.29 is 36.6 Å². The molecular formula is C14H17F5O3. The summed E-state index contributed by atoms with van der Waals surface area (Å²) in [5, 5.41) is 9.72. The van der Waals surface area contributed by atoms with E-state index in [0.29, 0.717) is 0 Å². The van der Waals surface area contributed by atoms with Crippen LogP contribution in [-0.2, 0) is 9.53 Å². The number of esters is 1. The van der Waals surface area contributed by atoms with E-state index in [0.717, 1.165) is 0 Å². The Kier molecular flexibility index (Phi) is 4.04. The van der Waals surface area contributed by atoms with Gasteiger partial charge in [-0.05, 0) is 32.1 Å². The van der Waals surface area contributed by atoms with Crippen molar-refractivity contribution in [3.05, 3.63) is 12.2 Å². The number of carbonyl (C=O) groups excluding carboxylic acids is 1. The second-order valence-electron chi connectivity index (χ2n) is 6.13. The summed E-state index contributed by atoms with van der Waals surface area (Å²) >= 11 is 0. The van der Waals surface area contributed by atoms with Crippen molar-refractivity contribution in [2.75, 3.05) is 6.61 Å². The molecule has 0 aromatic heterocycles. The van der Waals surface area contributed by atoms with Crippen LogP contribution in [0.1, 0.15) is 26.2 Å². The van der Waals surface area contributed by atoms with E-state index >= 15 is 0 Å². The highest BCUT2D eigenvalue weighted by Gasteiger charge is 2.81. The zero-order chi connectivity index (χ0) is 16.9. The molecule has 2 saturated carbocycles. The summed E-state index contributed by atoms with van der Waals surface area (Å²) in [6, 6.07) is 0. The molecule has 0 heterocycles. The highest BCUT2D eigenvalue weighted by atomic mass is 19.4. The number of ether oxygens (including phenoxy) is 1. The Balaban J connectivity index is 2.07. The summed E-state index contributed by atoms with van der Waals surface area (Å²) in [7, 11) is 0. The second-order valence-corrected chi connectivity index (χ2v) is 6.13. The van der Waals surface area contributed by atoms with Gasteiger partial charge in [-0.15, -0.1) is 0 Å².